The number of tetrazole rings is 2. The molecule has 0 spiro atoms. The molecule has 11 N–H and O–H groups in total. The van der Waals surface area contributed by atoms with E-state index in [4.69, 9.17) is 49.5 Å². The van der Waals surface area contributed by atoms with E-state index < -0.39 is 18.0 Å². The first-order valence-electron chi connectivity index (χ1n) is 34.8. The molecule has 110 heavy (non-hydrogen) atoms. The number of fused-ring (bicyclic) bond motifs is 3. The zero-order chi connectivity index (χ0) is 76.9. The van der Waals surface area contributed by atoms with Crippen LogP contribution in [-0.4, -0.2) is 139 Å². The van der Waals surface area contributed by atoms with Crippen molar-refractivity contribution in [2.45, 2.75) is 83.1 Å². The van der Waals surface area contributed by atoms with Gasteiger partial charge in [0.1, 0.15) is 88.1 Å². The van der Waals surface area contributed by atoms with Gasteiger partial charge in [-0.05, 0) is 104 Å². The third kappa shape index (κ3) is 13.8. The zero-order valence-corrected chi connectivity index (χ0v) is 61.2. The largest absolute Gasteiger partial charge is 0.383 e. The number of nitrogen functional groups attached to an aromatic ring is 3. The van der Waals surface area contributed by atoms with Crippen LogP contribution in [0.2, 0.25) is 5.02 Å². The molecule has 2 saturated carbocycles. The number of anilines is 6. The summed E-state index contributed by atoms with van der Waals surface area (Å²) in [6.07, 6.45) is 15.5. The molecule has 0 aliphatic heterocycles. The Morgan fingerprint density at radius 2 is 0.982 bits per heavy atom. The van der Waals surface area contributed by atoms with Crippen LogP contribution in [0.15, 0.2) is 143 Å². The number of primary amides is 1. The zero-order valence-electron chi connectivity index (χ0n) is 60.4. The minimum atomic E-state index is -0.727. The molecular formula is C71H71ClN34O4. The number of benzene rings is 4. The number of aromatic nitrogens is 27. The molecule has 38 nitrogen and oxygen atoms in total. The molecule has 2 aliphatic carbocycles. The van der Waals surface area contributed by atoms with Gasteiger partial charge in [0, 0.05) is 56.7 Å². The first kappa shape index (κ1) is 71.4. The van der Waals surface area contributed by atoms with Crippen molar-refractivity contribution < 1.29 is 4.79 Å². The first-order chi connectivity index (χ1) is 53.1. The summed E-state index contributed by atoms with van der Waals surface area (Å²) in [5, 5.41) is 49.2. The Labute approximate surface area is 627 Å². The van der Waals surface area contributed by atoms with Crippen molar-refractivity contribution >= 4 is 85.1 Å². The molecule has 0 radical (unpaired) electrons. The lowest BCUT2D eigenvalue weighted by molar-refractivity contribution is 0.0986. The molecule has 0 unspecified atom stereocenters. The number of aryl methyl sites for hydroxylation is 5. The van der Waals surface area contributed by atoms with E-state index in [1.807, 2.05) is 119 Å². The monoisotopic (exact) mass is 1500 g/mol. The lowest BCUT2D eigenvalue weighted by atomic mass is 10.0. The maximum Gasteiger partial charge on any atom is 0.286 e. The summed E-state index contributed by atoms with van der Waals surface area (Å²) in [6, 6.07) is 24.8. The Bertz CT molecular complexity index is 6250. The summed E-state index contributed by atoms with van der Waals surface area (Å²) in [6.45, 7) is 5.80. The Morgan fingerprint density at radius 1 is 0.527 bits per heavy atom. The van der Waals surface area contributed by atoms with Crippen molar-refractivity contribution in [1.29, 1.82) is 0 Å². The minimum Gasteiger partial charge on any atom is -0.383 e. The topological polar surface area (TPSA) is 493 Å². The third-order valence-electron chi connectivity index (χ3n) is 18.5. The van der Waals surface area contributed by atoms with Gasteiger partial charge in [0.15, 0.2) is 5.82 Å². The summed E-state index contributed by atoms with van der Waals surface area (Å²) in [7, 11) is 8.57. The second-order valence-electron chi connectivity index (χ2n) is 26.3. The van der Waals surface area contributed by atoms with Crippen LogP contribution in [-0.2, 0) is 35.2 Å². The van der Waals surface area contributed by atoms with Gasteiger partial charge >= 0.3 is 0 Å². The first-order valence-corrected chi connectivity index (χ1v) is 35.1. The van der Waals surface area contributed by atoms with Gasteiger partial charge < -0.3 is 38.9 Å². The lowest BCUT2D eigenvalue weighted by Crippen LogP contribution is -2.29. The molecular weight excluding hydrogens is 1430 g/mol. The van der Waals surface area contributed by atoms with Gasteiger partial charge in [0.2, 0.25) is 17.5 Å². The van der Waals surface area contributed by atoms with Gasteiger partial charge in [0.05, 0.1) is 88.0 Å². The predicted octanol–water partition coefficient (Wildman–Crippen LogP) is 6.60. The van der Waals surface area contributed by atoms with Crippen LogP contribution in [0, 0.1) is 0 Å². The lowest BCUT2D eigenvalue weighted by Gasteiger charge is -2.23. The van der Waals surface area contributed by atoms with Crippen LogP contribution in [0.3, 0.4) is 0 Å². The number of rotatable bonds is 19. The normalized spacial score (nSPS) is 13.5. The second-order valence-corrected chi connectivity index (χ2v) is 26.7. The second kappa shape index (κ2) is 29.3. The van der Waals surface area contributed by atoms with E-state index in [-0.39, 0.29) is 69.7 Å². The van der Waals surface area contributed by atoms with E-state index in [1.165, 1.54) is 33.3 Å². The van der Waals surface area contributed by atoms with E-state index in [0.29, 0.717) is 107 Å². The highest BCUT2D eigenvalue weighted by Crippen LogP contribution is 2.41. The Balaban J connectivity index is 0.000000131. The molecule has 1 amide bonds. The van der Waals surface area contributed by atoms with E-state index in [1.54, 1.807) is 70.2 Å². The average Bonchev–Trinajstić information content (AvgIpc) is 1.41. The van der Waals surface area contributed by atoms with Crippen molar-refractivity contribution in [1.82, 2.24) is 133 Å². The number of hydrogen-bond acceptors (Lipinski definition) is 29. The average molecular weight is 1500 g/mol. The maximum absolute atomic E-state index is 14.2. The SMILES string of the molecule is CC[C@H](Nc1ncnc(N)c1-c1nc(C(N)=O)n(C)n1)c1nc2cccc(Cl)c2c(=O)n1C1CC1.C[C@H](Nc1ncnc(N)c1-c1nnn(C)n1)c1nc2cccc(-c3cnn(C)c3)c2c(=O)n1-c1ccccc1.C[C@H](Nc1ncnc(N)c1-c1nnn(C)n1)c1nc2cccc(-c3cnn(C)c3)c2c(=O)n1C1CC1. The minimum absolute atomic E-state index is 0.0307. The number of halogens is 1. The fraction of sp³-hybridized carbons (Fsp3) is 0.254. The van der Waals surface area contributed by atoms with E-state index >= 15 is 0 Å². The molecule has 39 heteroatoms. The van der Waals surface area contributed by atoms with Crippen molar-refractivity contribution in [3.63, 3.8) is 0 Å². The van der Waals surface area contributed by atoms with Gasteiger partial charge in [-0.25, -0.2) is 54.5 Å². The summed E-state index contributed by atoms with van der Waals surface area (Å²) < 4.78 is 9.84. The van der Waals surface area contributed by atoms with Crippen molar-refractivity contribution in [2.75, 3.05) is 33.2 Å². The molecule has 2 fully saturated rings. The molecule has 556 valence electrons. The Kier molecular flexibility index (Phi) is 19.0. The van der Waals surface area contributed by atoms with Gasteiger partial charge in [0.25, 0.3) is 22.6 Å². The standard InChI is InChI=1S/C26H24N12O.C23H24N12O.C22H23ClN10O2/c1-15(31-23-21(22(27)28-14-29-23)24-33-35-37(3)34-24)25-32-19-11-7-10-18(16-12-30-36(2)13-16)20(19)26(39)38(25)17-8-5-4-6-9-17;1-12(28-20-18(19(24)25-11-26-20)21-30-32-34(3)31-21)22-29-16-6-4-5-15(13-9-27-33(2)10-13)17(16)23(36)35(22)14-7-8-14;1-3-12(20-29-13-6-4-5-11(23)14(13)22(35)33(20)10-7-8-10)28-18-15(16(24)26-9-27-18)19-30-21(17(25)34)32(2)31-19/h4-15H,1-3H3,(H3,27,28,29,31);4-6,9-12,14H,7-8H2,1-3H3,(H3,24,25,26,28);4-6,9-10,12H,3,7-8H2,1-2H3,(H2,25,34)(H3,24,26,27,28)/t15-;2*12-/m000/s1. The molecule has 4 aromatic carbocycles. The van der Waals surface area contributed by atoms with Crippen LogP contribution in [0.4, 0.5) is 34.9 Å². The van der Waals surface area contributed by atoms with E-state index in [2.05, 4.69) is 97.0 Å². The van der Waals surface area contributed by atoms with Crippen molar-refractivity contribution in [3.8, 4) is 62.1 Å². The Morgan fingerprint density at radius 3 is 1.45 bits per heavy atom. The number of para-hydroxylation sites is 1. The molecule has 15 aromatic rings. The summed E-state index contributed by atoms with van der Waals surface area (Å²) in [4.78, 5) is 100. The van der Waals surface area contributed by atoms with Crippen molar-refractivity contribution in [3.05, 3.63) is 188 Å². The highest BCUT2D eigenvalue weighted by atomic mass is 35.5. The van der Waals surface area contributed by atoms with Crippen LogP contribution in [0.25, 0.3) is 94.8 Å². The summed E-state index contributed by atoms with van der Waals surface area (Å²) in [5.41, 5.74) is 30.3. The molecule has 0 bridgehead atoms. The van der Waals surface area contributed by atoms with Crippen molar-refractivity contribution in [2.24, 2.45) is 41.0 Å². The smallest absolute Gasteiger partial charge is 0.286 e. The molecule has 17 rings (SSSR count). The summed E-state index contributed by atoms with van der Waals surface area (Å²) >= 11 is 6.35. The number of nitrogens with zero attached hydrogens (tertiary/aromatic N) is 27. The molecule has 11 heterocycles. The molecule has 0 saturated heterocycles. The third-order valence-corrected chi connectivity index (χ3v) is 18.8. The molecule has 11 aromatic heterocycles. The maximum atomic E-state index is 14.2. The molecule has 2 aliphatic rings. The van der Waals surface area contributed by atoms with Gasteiger partial charge in [-0.2, -0.15) is 24.9 Å². The van der Waals surface area contributed by atoms with Crippen LogP contribution < -0.4 is 55.6 Å². The molecule has 3 atom stereocenters. The quantitative estimate of drug-likeness (QED) is 0.0448. The van der Waals surface area contributed by atoms with Crippen LogP contribution in [0.1, 0.15) is 111 Å². The number of nitrogens with two attached hydrogens (primary N) is 4. The van der Waals surface area contributed by atoms with Gasteiger partial charge in [-0.15, -0.1) is 20.4 Å². The fourth-order valence-electron chi connectivity index (χ4n) is 13.1. The summed E-state index contributed by atoms with van der Waals surface area (Å²) in [5.74, 6) is 3.35. The van der Waals surface area contributed by atoms with Crippen LogP contribution in [0.5, 0.6) is 0 Å². The fourth-order valence-corrected chi connectivity index (χ4v) is 13.3. The highest BCUT2D eigenvalue weighted by Gasteiger charge is 2.35. The van der Waals surface area contributed by atoms with Crippen LogP contribution >= 0.6 is 11.6 Å². The number of carbonyl (C=O) groups is 1. The van der Waals surface area contributed by atoms with Gasteiger partial charge in [-0.1, -0.05) is 67.1 Å². The number of hydrogen-bond donors (Lipinski definition) is 7. The number of carbonyl (C=O) groups excluding carboxylic acids is 1. The Hall–Kier alpha value is -14.2. The number of nitrogens with one attached hydrogen (secondary N) is 3. The highest BCUT2D eigenvalue weighted by molar-refractivity contribution is 6.35. The van der Waals surface area contributed by atoms with E-state index in [0.717, 1.165) is 47.9 Å². The van der Waals surface area contributed by atoms with E-state index in [9.17, 15) is 19.2 Å². The number of amides is 1. The predicted molar refractivity (Wildman–Crippen MR) is 409 cm³/mol. The van der Waals surface area contributed by atoms with Gasteiger partial charge in [-0.3, -0.25) is 42.2 Å².